The Hall–Kier alpha value is -5.28. The number of amides is 4. The number of imide groups is 1. The monoisotopic (exact) mass is 920 g/mol. The molecule has 12 atom stereocenters. The molecule has 360 valence electrons. The quantitative estimate of drug-likeness (QED) is 0.117. The fourth-order valence-electron chi connectivity index (χ4n) is 12.4. The van der Waals surface area contributed by atoms with Gasteiger partial charge in [0.15, 0.2) is 0 Å². The van der Waals surface area contributed by atoms with E-state index in [1.165, 1.54) is 0 Å². The van der Waals surface area contributed by atoms with Crippen molar-refractivity contribution in [3.05, 3.63) is 59.7 Å². The molecular weight excluding hydrogens is 851 g/mol. The third-order valence-corrected chi connectivity index (χ3v) is 16.3. The predicted molar refractivity (Wildman–Crippen MR) is 254 cm³/mol. The summed E-state index contributed by atoms with van der Waals surface area (Å²) in [5.74, 6) is -7.87. The molecular formula is C52H69N7O8. The molecule has 67 heavy (non-hydrogen) atoms. The van der Waals surface area contributed by atoms with E-state index in [4.69, 9.17) is 9.47 Å². The number of carbonyl (C=O) groups excluding carboxylic acids is 6. The minimum Gasteiger partial charge on any atom is -0.461 e. The van der Waals surface area contributed by atoms with Crippen molar-refractivity contribution < 1.29 is 38.2 Å². The molecule has 2 heterocycles. The summed E-state index contributed by atoms with van der Waals surface area (Å²) in [7, 11) is 7.86. The van der Waals surface area contributed by atoms with Crippen LogP contribution < -0.4 is 16.0 Å². The van der Waals surface area contributed by atoms with Crippen molar-refractivity contribution in [1.29, 1.82) is 0 Å². The van der Waals surface area contributed by atoms with Crippen LogP contribution in [-0.2, 0) is 49.1 Å². The molecule has 0 aromatic heterocycles. The largest absolute Gasteiger partial charge is 0.461 e. The number of hydrogen-bond donors (Lipinski definition) is 3. The van der Waals surface area contributed by atoms with Gasteiger partial charge in [-0.25, -0.2) is 0 Å². The number of benzene rings is 2. The summed E-state index contributed by atoms with van der Waals surface area (Å²) in [6.07, 6.45) is 3.23. The number of ether oxygens (including phenoxy) is 2. The Balaban J connectivity index is 1.06. The number of fused-ring (bicyclic) bond motifs is 8. The molecule has 3 N–H and O–H groups in total. The molecule has 0 spiro atoms. The molecule has 2 aromatic rings. The Morgan fingerprint density at radius 1 is 0.582 bits per heavy atom. The Kier molecular flexibility index (Phi) is 13.9. The summed E-state index contributed by atoms with van der Waals surface area (Å²) in [4.78, 5) is 101. The molecule has 4 bridgehead atoms. The number of carbonyl (C=O) groups is 6. The Morgan fingerprint density at radius 3 is 1.36 bits per heavy atom. The lowest BCUT2D eigenvalue weighted by molar-refractivity contribution is -0.178. The van der Waals surface area contributed by atoms with Gasteiger partial charge < -0.3 is 29.9 Å². The Bertz CT molecular complexity index is 2190. The van der Waals surface area contributed by atoms with Crippen molar-refractivity contribution in [2.75, 3.05) is 54.4 Å². The summed E-state index contributed by atoms with van der Waals surface area (Å²) in [6.45, 7) is 9.62. The maximum atomic E-state index is 15.0. The predicted octanol–water partition coefficient (Wildman–Crippen LogP) is 5.04. The summed E-state index contributed by atoms with van der Waals surface area (Å²) in [5.41, 5.74) is 1.89. The van der Waals surface area contributed by atoms with E-state index in [0.717, 1.165) is 24.2 Å². The van der Waals surface area contributed by atoms with Gasteiger partial charge in [0.2, 0.25) is 23.6 Å². The van der Waals surface area contributed by atoms with Crippen LogP contribution >= 0.6 is 0 Å². The molecule has 0 saturated heterocycles. The number of nitrogens with zero attached hydrogens (tertiary/aromatic N) is 4. The number of rotatable bonds is 16. The SMILES string of the molecule is CC1=Nc2ccccc2C1(C)C(=O)OC1CC2CCC1C(C(=O)NC(=O)C1C3CCC(CC3OC(=O)C3(C)C(C)=Nc4ccccc43)C1C(=O)NCCCN(C)C)C2C(=O)NCCCN(C)C. The molecule has 6 aliphatic carbocycles. The van der Waals surface area contributed by atoms with Crippen LogP contribution in [0, 0.1) is 47.3 Å². The van der Waals surface area contributed by atoms with Crippen LogP contribution in [0.3, 0.4) is 0 Å². The minimum atomic E-state index is -1.13. The van der Waals surface area contributed by atoms with Gasteiger partial charge in [0.05, 0.1) is 35.0 Å². The molecule has 6 saturated carbocycles. The minimum absolute atomic E-state index is 0.259. The van der Waals surface area contributed by atoms with E-state index in [1.54, 1.807) is 0 Å². The first kappa shape index (κ1) is 48.2. The summed E-state index contributed by atoms with van der Waals surface area (Å²) in [6, 6.07) is 15.0. The van der Waals surface area contributed by atoms with Crippen LogP contribution in [0.2, 0.25) is 0 Å². The van der Waals surface area contributed by atoms with Gasteiger partial charge in [-0.05, 0) is 144 Å². The highest BCUT2D eigenvalue weighted by atomic mass is 16.6. The molecule has 4 amide bonds. The second kappa shape index (κ2) is 19.4. The van der Waals surface area contributed by atoms with Crippen LogP contribution in [0.15, 0.2) is 58.5 Å². The van der Waals surface area contributed by atoms with Gasteiger partial charge in [0, 0.05) is 47.5 Å². The highest BCUT2D eigenvalue weighted by molar-refractivity contribution is 6.16. The third-order valence-electron chi connectivity index (χ3n) is 16.3. The normalized spacial score (nSPS) is 32.2. The second-order valence-electron chi connectivity index (χ2n) is 20.9. The topological polar surface area (TPSA) is 188 Å². The van der Waals surface area contributed by atoms with Gasteiger partial charge in [-0.1, -0.05) is 36.4 Å². The van der Waals surface area contributed by atoms with E-state index < -0.39 is 82.3 Å². The zero-order chi connectivity index (χ0) is 47.9. The number of nitrogens with one attached hydrogen (secondary N) is 3. The van der Waals surface area contributed by atoms with Crippen LogP contribution in [-0.4, -0.2) is 123 Å². The van der Waals surface area contributed by atoms with Crippen molar-refractivity contribution in [1.82, 2.24) is 25.8 Å². The van der Waals surface area contributed by atoms with Crippen LogP contribution in [0.1, 0.15) is 90.2 Å². The average molecular weight is 920 g/mol. The first-order valence-corrected chi connectivity index (χ1v) is 24.4. The van der Waals surface area contributed by atoms with Gasteiger partial charge in [-0.3, -0.25) is 44.1 Å². The highest BCUT2D eigenvalue weighted by Gasteiger charge is 2.60. The average Bonchev–Trinajstić information content (AvgIpc) is 3.73. The van der Waals surface area contributed by atoms with E-state index in [0.29, 0.717) is 87.3 Å². The number of hydrogen-bond acceptors (Lipinski definition) is 12. The zero-order valence-electron chi connectivity index (χ0n) is 40.4. The Labute approximate surface area is 394 Å². The van der Waals surface area contributed by atoms with Crippen molar-refractivity contribution in [3.8, 4) is 0 Å². The smallest absolute Gasteiger partial charge is 0.322 e. The van der Waals surface area contributed by atoms with Crippen molar-refractivity contribution in [2.45, 2.75) is 102 Å². The maximum absolute atomic E-state index is 15.0. The molecule has 2 aromatic carbocycles. The van der Waals surface area contributed by atoms with E-state index >= 15 is 9.59 Å². The first-order chi connectivity index (χ1) is 31.9. The van der Waals surface area contributed by atoms with Crippen LogP contribution in [0.25, 0.3) is 0 Å². The molecule has 2 aliphatic heterocycles. The standard InChI is InChI=1S/C52H69N7O8/c1-29-51(3,35-15-9-11-17-37(35)55-29)49(64)66-39-27-31-19-21-33(39)43(41(31)45(60)53-23-13-25-58(5)6)47(62)57-48(63)44-34-22-20-32(42(44)46(61)54-24-14-26-59(7)8)28-40(34)67-50(65)52(4)30(2)56-38-18-12-10-16-36(38)52/h9-12,15-18,31-34,39-44H,13-14,19-28H2,1-8H3,(H,53,60)(H,54,61)(H,57,62,63). The van der Waals surface area contributed by atoms with Gasteiger partial charge in [-0.2, -0.15) is 0 Å². The summed E-state index contributed by atoms with van der Waals surface area (Å²) >= 11 is 0. The number of para-hydroxylation sites is 2. The maximum Gasteiger partial charge on any atom is 0.322 e. The number of esters is 2. The second-order valence-corrected chi connectivity index (χ2v) is 20.9. The molecule has 0 radical (unpaired) electrons. The van der Waals surface area contributed by atoms with E-state index in [9.17, 15) is 19.2 Å². The molecule has 10 rings (SSSR count). The summed E-state index contributed by atoms with van der Waals surface area (Å²) < 4.78 is 12.9. The van der Waals surface area contributed by atoms with E-state index in [1.807, 2.05) is 114 Å². The molecule has 15 heteroatoms. The summed E-state index contributed by atoms with van der Waals surface area (Å²) in [5, 5.41) is 8.94. The van der Waals surface area contributed by atoms with Gasteiger partial charge >= 0.3 is 11.9 Å². The molecule has 8 aliphatic rings. The molecule has 12 unspecified atom stereocenters. The van der Waals surface area contributed by atoms with Crippen LogP contribution in [0.5, 0.6) is 0 Å². The number of aliphatic imine (C=N–C) groups is 2. The lowest BCUT2D eigenvalue weighted by Crippen LogP contribution is -2.62. The van der Waals surface area contributed by atoms with Crippen molar-refractivity contribution >= 4 is 58.4 Å². The first-order valence-electron chi connectivity index (χ1n) is 24.4. The van der Waals surface area contributed by atoms with Crippen LogP contribution in [0.4, 0.5) is 11.4 Å². The van der Waals surface area contributed by atoms with Gasteiger partial charge in [0.1, 0.15) is 23.0 Å². The third kappa shape index (κ3) is 8.98. The fourth-order valence-corrected chi connectivity index (χ4v) is 12.4. The van der Waals surface area contributed by atoms with Gasteiger partial charge in [-0.15, -0.1) is 0 Å². The van der Waals surface area contributed by atoms with E-state index in [-0.39, 0.29) is 23.7 Å². The zero-order valence-corrected chi connectivity index (χ0v) is 40.4. The highest BCUT2D eigenvalue weighted by Crippen LogP contribution is 2.54. The fraction of sp³-hybridized carbons (Fsp3) is 0.615. The van der Waals surface area contributed by atoms with Crippen molar-refractivity contribution in [2.24, 2.45) is 57.3 Å². The van der Waals surface area contributed by atoms with E-state index in [2.05, 4.69) is 25.9 Å². The molecule has 6 fully saturated rings. The van der Waals surface area contributed by atoms with Crippen molar-refractivity contribution in [3.63, 3.8) is 0 Å². The van der Waals surface area contributed by atoms with Gasteiger partial charge in [0.25, 0.3) is 0 Å². The molecule has 15 nitrogen and oxygen atoms in total. The lowest BCUT2D eigenvalue weighted by atomic mass is 9.56. The Morgan fingerprint density at radius 2 is 0.970 bits per heavy atom. The lowest BCUT2D eigenvalue weighted by Gasteiger charge is -2.52.